The van der Waals surface area contributed by atoms with Crippen molar-refractivity contribution in [3.8, 4) is 0 Å². The zero-order chi connectivity index (χ0) is 20.2. The molecule has 0 aliphatic carbocycles. The summed E-state index contributed by atoms with van der Waals surface area (Å²) < 4.78 is 0. The maximum Gasteiger partial charge on any atom is 0.220 e. The third-order valence-corrected chi connectivity index (χ3v) is 4.95. The van der Waals surface area contributed by atoms with Crippen LogP contribution in [-0.4, -0.2) is 11.8 Å². The summed E-state index contributed by atoms with van der Waals surface area (Å²) in [4.78, 5) is 24.5. The molecule has 4 heteroatoms. The Hall–Kier alpha value is -2.62. The molecule has 0 bridgehead atoms. The van der Waals surface area contributed by atoms with E-state index in [4.69, 9.17) is 0 Å². The topological polar surface area (TPSA) is 58.2 Å². The van der Waals surface area contributed by atoms with Crippen LogP contribution in [0.25, 0.3) is 0 Å². The van der Waals surface area contributed by atoms with Gasteiger partial charge in [0.2, 0.25) is 11.8 Å². The molecule has 0 fully saturated rings. The normalized spacial score (nSPS) is 12.8. The van der Waals surface area contributed by atoms with E-state index in [9.17, 15) is 9.59 Å². The molecule has 0 heterocycles. The summed E-state index contributed by atoms with van der Waals surface area (Å²) in [6, 6.07) is 20.2. The van der Waals surface area contributed by atoms with Crippen molar-refractivity contribution in [2.24, 2.45) is 0 Å². The summed E-state index contributed by atoms with van der Waals surface area (Å²) in [6.07, 6.45) is 4.05. The number of rotatable bonds is 11. The standard InChI is InChI=1S/C24H32N2O2/c1-3-21(19-13-7-5-8-14-19)25-23(27)17-11-12-18-24(28)26-22(4-2)20-15-9-6-10-16-20/h5-10,13-16,21-22H,3-4,11-12,17-18H2,1-2H3,(H,25,27)(H,26,28). The number of hydrogen-bond donors (Lipinski definition) is 2. The van der Waals surface area contributed by atoms with Crippen LogP contribution in [0.1, 0.15) is 75.6 Å². The van der Waals surface area contributed by atoms with Crippen LogP contribution in [0.15, 0.2) is 60.7 Å². The molecule has 2 unspecified atom stereocenters. The fourth-order valence-corrected chi connectivity index (χ4v) is 3.32. The molecule has 0 aliphatic rings. The highest BCUT2D eigenvalue weighted by Gasteiger charge is 2.14. The van der Waals surface area contributed by atoms with Crippen LogP contribution >= 0.6 is 0 Å². The lowest BCUT2D eigenvalue weighted by Gasteiger charge is -2.18. The monoisotopic (exact) mass is 380 g/mol. The fourth-order valence-electron chi connectivity index (χ4n) is 3.32. The molecule has 0 aliphatic heterocycles. The highest BCUT2D eigenvalue weighted by molar-refractivity contribution is 5.77. The van der Waals surface area contributed by atoms with Gasteiger partial charge in [-0.3, -0.25) is 9.59 Å². The van der Waals surface area contributed by atoms with Crippen LogP contribution in [0.5, 0.6) is 0 Å². The first kappa shape index (κ1) is 21.7. The highest BCUT2D eigenvalue weighted by Crippen LogP contribution is 2.17. The van der Waals surface area contributed by atoms with E-state index in [0.29, 0.717) is 25.7 Å². The van der Waals surface area contributed by atoms with E-state index >= 15 is 0 Å². The Bertz CT molecular complexity index is 652. The second kappa shape index (κ2) is 12.0. The predicted molar refractivity (Wildman–Crippen MR) is 114 cm³/mol. The molecule has 2 N–H and O–H groups in total. The maximum atomic E-state index is 12.2. The van der Waals surface area contributed by atoms with Gasteiger partial charge in [-0.1, -0.05) is 74.5 Å². The average Bonchev–Trinajstić information content (AvgIpc) is 2.74. The van der Waals surface area contributed by atoms with E-state index in [0.717, 1.165) is 24.0 Å². The van der Waals surface area contributed by atoms with Crippen LogP contribution in [0.2, 0.25) is 0 Å². The lowest BCUT2D eigenvalue weighted by Crippen LogP contribution is -2.29. The lowest BCUT2D eigenvalue weighted by atomic mass is 10.0. The molecule has 0 radical (unpaired) electrons. The summed E-state index contributed by atoms with van der Waals surface area (Å²) in [5, 5.41) is 6.19. The molecular formula is C24H32N2O2. The first-order valence-electron chi connectivity index (χ1n) is 10.3. The molecule has 2 aromatic carbocycles. The van der Waals surface area contributed by atoms with Gasteiger partial charge in [0.05, 0.1) is 12.1 Å². The average molecular weight is 381 g/mol. The second-order valence-corrected chi connectivity index (χ2v) is 7.09. The van der Waals surface area contributed by atoms with Gasteiger partial charge in [-0.25, -0.2) is 0 Å². The molecule has 2 amide bonds. The minimum Gasteiger partial charge on any atom is -0.349 e. The lowest BCUT2D eigenvalue weighted by molar-refractivity contribution is -0.123. The minimum absolute atomic E-state index is 0.0480. The Kier molecular flexibility index (Phi) is 9.26. The molecule has 28 heavy (non-hydrogen) atoms. The van der Waals surface area contributed by atoms with Gasteiger partial charge in [0.25, 0.3) is 0 Å². The molecule has 0 saturated heterocycles. The van der Waals surface area contributed by atoms with E-state index in [2.05, 4.69) is 24.5 Å². The zero-order valence-electron chi connectivity index (χ0n) is 17.0. The molecule has 2 aromatic rings. The van der Waals surface area contributed by atoms with Crippen LogP contribution in [-0.2, 0) is 9.59 Å². The van der Waals surface area contributed by atoms with Crippen LogP contribution in [0.3, 0.4) is 0 Å². The Morgan fingerprint density at radius 2 is 1.04 bits per heavy atom. The quantitative estimate of drug-likeness (QED) is 0.534. The van der Waals surface area contributed by atoms with Crippen molar-refractivity contribution in [2.75, 3.05) is 0 Å². The van der Waals surface area contributed by atoms with Gasteiger partial charge in [-0.2, -0.15) is 0 Å². The van der Waals surface area contributed by atoms with Gasteiger partial charge in [0.1, 0.15) is 0 Å². The van der Waals surface area contributed by atoms with Gasteiger partial charge in [0, 0.05) is 12.8 Å². The summed E-state index contributed by atoms with van der Waals surface area (Å²) in [6.45, 7) is 4.14. The summed E-state index contributed by atoms with van der Waals surface area (Å²) in [5.74, 6) is 0.0960. The van der Waals surface area contributed by atoms with Crippen molar-refractivity contribution in [3.63, 3.8) is 0 Å². The number of hydrogen-bond acceptors (Lipinski definition) is 2. The number of nitrogens with one attached hydrogen (secondary N) is 2. The molecule has 2 atom stereocenters. The molecule has 2 rings (SSSR count). The Balaban J connectivity index is 1.68. The number of carbonyl (C=O) groups is 2. The van der Waals surface area contributed by atoms with Gasteiger partial charge in [-0.15, -0.1) is 0 Å². The Labute approximate surface area is 168 Å². The molecule has 150 valence electrons. The number of benzene rings is 2. The Morgan fingerprint density at radius 1 is 0.679 bits per heavy atom. The third kappa shape index (κ3) is 7.18. The molecular weight excluding hydrogens is 348 g/mol. The van der Waals surface area contributed by atoms with E-state index < -0.39 is 0 Å². The molecule has 0 spiro atoms. The first-order valence-corrected chi connectivity index (χ1v) is 10.3. The minimum atomic E-state index is 0.0480. The fraction of sp³-hybridized carbons (Fsp3) is 0.417. The summed E-state index contributed by atoms with van der Waals surface area (Å²) in [5.41, 5.74) is 2.26. The molecule has 0 saturated carbocycles. The van der Waals surface area contributed by atoms with E-state index in [1.807, 2.05) is 60.7 Å². The highest BCUT2D eigenvalue weighted by atomic mass is 16.2. The van der Waals surface area contributed by atoms with Crippen molar-refractivity contribution in [1.82, 2.24) is 10.6 Å². The number of amides is 2. The zero-order valence-corrected chi connectivity index (χ0v) is 17.0. The predicted octanol–water partition coefficient (Wildman–Crippen LogP) is 5.08. The SMILES string of the molecule is CCC(NC(=O)CCCCC(=O)NC(CC)c1ccccc1)c1ccccc1. The number of carbonyl (C=O) groups excluding carboxylic acids is 2. The summed E-state index contributed by atoms with van der Waals surface area (Å²) in [7, 11) is 0. The van der Waals surface area contributed by atoms with Crippen LogP contribution in [0, 0.1) is 0 Å². The second-order valence-electron chi connectivity index (χ2n) is 7.09. The van der Waals surface area contributed by atoms with Crippen molar-refractivity contribution in [3.05, 3.63) is 71.8 Å². The third-order valence-electron chi connectivity index (χ3n) is 4.95. The van der Waals surface area contributed by atoms with Crippen molar-refractivity contribution >= 4 is 11.8 Å². The van der Waals surface area contributed by atoms with E-state index in [-0.39, 0.29) is 23.9 Å². The van der Waals surface area contributed by atoms with Gasteiger partial charge >= 0.3 is 0 Å². The van der Waals surface area contributed by atoms with E-state index in [1.165, 1.54) is 0 Å². The Morgan fingerprint density at radius 3 is 1.36 bits per heavy atom. The van der Waals surface area contributed by atoms with Gasteiger partial charge in [0.15, 0.2) is 0 Å². The molecule has 4 nitrogen and oxygen atoms in total. The largest absolute Gasteiger partial charge is 0.349 e. The van der Waals surface area contributed by atoms with Crippen molar-refractivity contribution < 1.29 is 9.59 Å². The van der Waals surface area contributed by atoms with Gasteiger partial charge < -0.3 is 10.6 Å². The number of unbranched alkanes of at least 4 members (excludes halogenated alkanes) is 1. The smallest absolute Gasteiger partial charge is 0.220 e. The van der Waals surface area contributed by atoms with Crippen molar-refractivity contribution in [2.45, 2.75) is 64.5 Å². The van der Waals surface area contributed by atoms with Crippen LogP contribution in [0.4, 0.5) is 0 Å². The van der Waals surface area contributed by atoms with E-state index in [1.54, 1.807) is 0 Å². The van der Waals surface area contributed by atoms with Crippen molar-refractivity contribution in [1.29, 1.82) is 0 Å². The first-order chi connectivity index (χ1) is 13.6. The molecule has 0 aromatic heterocycles. The van der Waals surface area contributed by atoms with Crippen LogP contribution < -0.4 is 10.6 Å². The summed E-state index contributed by atoms with van der Waals surface area (Å²) >= 11 is 0. The maximum absolute atomic E-state index is 12.2. The van der Waals surface area contributed by atoms with Gasteiger partial charge in [-0.05, 0) is 36.8 Å².